The van der Waals surface area contributed by atoms with Gasteiger partial charge in [-0.05, 0) is 96.3 Å². The monoisotopic (exact) mass is 502 g/mol. The molecule has 4 N–H and O–H groups in total. The van der Waals surface area contributed by atoms with Crippen LogP contribution >= 0.6 is 0 Å². The van der Waals surface area contributed by atoms with Gasteiger partial charge in [0.15, 0.2) is 0 Å². The molecule has 2 unspecified atom stereocenters. The fraction of sp³-hybridized carbons (Fsp3) is 0.688. The van der Waals surface area contributed by atoms with Crippen LogP contribution in [0.1, 0.15) is 116 Å². The lowest BCUT2D eigenvalue weighted by molar-refractivity contribution is 0.0674. The number of allylic oxidation sites excluding steroid dienone is 2. The van der Waals surface area contributed by atoms with Crippen molar-refractivity contribution in [3.05, 3.63) is 52.6 Å². The normalized spacial score (nSPS) is 15.0. The van der Waals surface area contributed by atoms with Gasteiger partial charge >= 0.3 is 0 Å². The molecular weight excluding hydrogens is 448 g/mol. The largest absolute Gasteiger partial charge is 0.396 e. The van der Waals surface area contributed by atoms with Crippen LogP contribution in [0.4, 0.5) is 0 Å². The molecule has 0 aliphatic heterocycles. The second-order valence-electron chi connectivity index (χ2n) is 12.0. The van der Waals surface area contributed by atoms with Crippen LogP contribution in [0.15, 0.2) is 35.9 Å². The number of hydrogen-bond acceptors (Lipinski definition) is 4. The van der Waals surface area contributed by atoms with Crippen LogP contribution in [0.3, 0.4) is 0 Å². The van der Waals surface area contributed by atoms with Crippen LogP contribution in [0.2, 0.25) is 0 Å². The zero-order chi connectivity index (χ0) is 27.2. The molecule has 0 saturated carbocycles. The van der Waals surface area contributed by atoms with Gasteiger partial charge in [0.1, 0.15) is 0 Å². The molecule has 206 valence electrons. The van der Waals surface area contributed by atoms with E-state index in [0.29, 0.717) is 6.42 Å². The fourth-order valence-electron chi connectivity index (χ4n) is 4.45. The molecule has 1 aromatic rings. The summed E-state index contributed by atoms with van der Waals surface area (Å²) in [7, 11) is 0. The van der Waals surface area contributed by atoms with Gasteiger partial charge in [0.25, 0.3) is 0 Å². The first-order valence-electron chi connectivity index (χ1n) is 14.0. The highest BCUT2D eigenvalue weighted by molar-refractivity contribution is 5.54. The van der Waals surface area contributed by atoms with E-state index >= 15 is 0 Å². The Morgan fingerprint density at radius 3 is 1.78 bits per heavy atom. The third-order valence-electron chi connectivity index (χ3n) is 6.95. The van der Waals surface area contributed by atoms with E-state index in [-0.39, 0.29) is 12.5 Å². The summed E-state index contributed by atoms with van der Waals surface area (Å²) < 4.78 is 0. The summed E-state index contributed by atoms with van der Waals surface area (Å²) in [5, 5.41) is 39.1. The maximum Gasteiger partial charge on any atom is 0.0624 e. The Morgan fingerprint density at radius 2 is 1.33 bits per heavy atom. The second-order valence-corrected chi connectivity index (χ2v) is 12.0. The third-order valence-corrected chi connectivity index (χ3v) is 6.95. The Hall–Kier alpha value is -1.46. The summed E-state index contributed by atoms with van der Waals surface area (Å²) >= 11 is 0. The van der Waals surface area contributed by atoms with E-state index in [0.717, 1.165) is 69.8 Å². The fourth-order valence-corrected chi connectivity index (χ4v) is 4.45. The van der Waals surface area contributed by atoms with E-state index in [1.54, 1.807) is 0 Å². The second kappa shape index (κ2) is 16.4. The van der Waals surface area contributed by atoms with Crippen LogP contribution < -0.4 is 0 Å². The van der Waals surface area contributed by atoms with Crippen molar-refractivity contribution in [1.82, 2.24) is 0 Å². The van der Waals surface area contributed by atoms with Crippen molar-refractivity contribution in [3.63, 3.8) is 0 Å². The number of benzene rings is 1. The van der Waals surface area contributed by atoms with Crippen LogP contribution in [-0.2, 0) is 12.8 Å². The molecule has 0 aliphatic rings. The van der Waals surface area contributed by atoms with Crippen LogP contribution in [-0.4, -0.2) is 44.3 Å². The molecule has 1 aromatic carbocycles. The zero-order valence-corrected chi connectivity index (χ0v) is 23.9. The number of aryl methyl sites for hydroxylation is 2. The van der Waals surface area contributed by atoms with E-state index in [4.69, 9.17) is 5.11 Å². The van der Waals surface area contributed by atoms with Gasteiger partial charge in [-0.15, -0.1) is 0 Å². The van der Waals surface area contributed by atoms with Gasteiger partial charge in [0.05, 0.1) is 17.3 Å². The minimum absolute atomic E-state index is 0.000281. The van der Waals surface area contributed by atoms with Crippen molar-refractivity contribution in [2.75, 3.05) is 6.61 Å². The molecular formula is C32H54O4. The van der Waals surface area contributed by atoms with Gasteiger partial charge in [0, 0.05) is 12.5 Å². The summed E-state index contributed by atoms with van der Waals surface area (Å²) in [6.45, 7) is 11.5. The molecule has 0 amide bonds. The SMILES string of the molecule is CC(=CC=Cc1cc(CCCCCC(C)(C)O)cc(CCCCCC(C)(C)O)c1)C(C)C(O)CCO. The number of aliphatic hydroxyl groups is 4. The Labute approximate surface area is 221 Å². The van der Waals surface area contributed by atoms with Crippen molar-refractivity contribution >= 4 is 6.08 Å². The van der Waals surface area contributed by atoms with Gasteiger partial charge < -0.3 is 20.4 Å². The number of rotatable bonds is 18. The van der Waals surface area contributed by atoms with Crippen molar-refractivity contribution in [2.24, 2.45) is 5.92 Å². The van der Waals surface area contributed by atoms with Crippen molar-refractivity contribution in [3.8, 4) is 0 Å². The van der Waals surface area contributed by atoms with E-state index < -0.39 is 17.3 Å². The summed E-state index contributed by atoms with van der Waals surface area (Å²) in [6.07, 6.45) is 16.4. The molecule has 0 radical (unpaired) electrons. The Morgan fingerprint density at radius 1 is 0.833 bits per heavy atom. The van der Waals surface area contributed by atoms with Gasteiger partial charge in [-0.1, -0.05) is 74.6 Å². The standard InChI is InChI=1S/C32H54O4/c1-25(26(2)30(34)18-21-33)14-13-17-29-23-27(15-9-7-11-19-31(3,4)35)22-28(24-29)16-10-8-12-20-32(5,6)36/h13-14,17,22-24,26,30,33-36H,7-12,15-16,18-21H2,1-6H3. The van der Waals surface area contributed by atoms with Gasteiger partial charge in [-0.3, -0.25) is 0 Å². The van der Waals surface area contributed by atoms with E-state index in [1.165, 1.54) is 16.7 Å². The third kappa shape index (κ3) is 15.6. The minimum atomic E-state index is -0.583. The summed E-state index contributed by atoms with van der Waals surface area (Å²) in [5.74, 6) is 0.0106. The molecule has 0 aromatic heterocycles. The number of hydrogen-bond donors (Lipinski definition) is 4. The lowest BCUT2D eigenvalue weighted by atomic mass is 9.93. The van der Waals surface area contributed by atoms with Gasteiger partial charge in [0.2, 0.25) is 0 Å². The lowest BCUT2D eigenvalue weighted by Gasteiger charge is -2.18. The topological polar surface area (TPSA) is 80.9 Å². The molecule has 0 saturated heterocycles. The number of aliphatic hydroxyl groups excluding tert-OH is 2. The average molecular weight is 503 g/mol. The van der Waals surface area contributed by atoms with Crippen LogP contribution in [0.5, 0.6) is 0 Å². The Bertz CT molecular complexity index is 753. The highest BCUT2D eigenvalue weighted by Crippen LogP contribution is 2.21. The predicted molar refractivity (Wildman–Crippen MR) is 153 cm³/mol. The highest BCUT2D eigenvalue weighted by atomic mass is 16.3. The van der Waals surface area contributed by atoms with Crippen molar-refractivity contribution < 1.29 is 20.4 Å². The number of unbranched alkanes of at least 4 members (excludes halogenated alkanes) is 4. The lowest BCUT2D eigenvalue weighted by Crippen LogP contribution is -2.19. The zero-order valence-electron chi connectivity index (χ0n) is 23.9. The molecule has 0 aliphatic carbocycles. The maximum atomic E-state index is 10.2. The quantitative estimate of drug-likeness (QED) is 0.132. The molecule has 0 heterocycles. The molecule has 4 heteroatoms. The first-order valence-corrected chi connectivity index (χ1v) is 14.0. The van der Waals surface area contributed by atoms with Crippen LogP contribution in [0.25, 0.3) is 6.08 Å². The predicted octanol–water partition coefficient (Wildman–Crippen LogP) is 6.77. The van der Waals surface area contributed by atoms with E-state index in [2.05, 4.69) is 36.4 Å². The Kier molecular flexibility index (Phi) is 14.8. The molecule has 36 heavy (non-hydrogen) atoms. The van der Waals surface area contributed by atoms with E-state index in [1.807, 2.05) is 41.5 Å². The highest BCUT2D eigenvalue weighted by Gasteiger charge is 2.15. The molecule has 0 spiro atoms. The Balaban J connectivity index is 2.84. The van der Waals surface area contributed by atoms with E-state index in [9.17, 15) is 15.3 Å². The minimum Gasteiger partial charge on any atom is -0.396 e. The van der Waals surface area contributed by atoms with Crippen molar-refractivity contribution in [1.29, 1.82) is 0 Å². The van der Waals surface area contributed by atoms with Gasteiger partial charge in [-0.25, -0.2) is 0 Å². The molecule has 2 atom stereocenters. The first-order chi connectivity index (χ1) is 16.8. The summed E-state index contributed by atoms with van der Waals surface area (Å²) in [6, 6.07) is 6.90. The smallest absolute Gasteiger partial charge is 0.0624 e. The van der Waals surface area contributed by atoms with Crippen LogP contribution in [0, 0.1) is 5.92 Å². The average Bonchev–Trinajstić information content (AvgIpc) is 2.76. The van der Waals surface area contributed by atoms with Crippen molar-refractivity contribution in [2.45, 2.75) is 129 Å². The first kappa shape index (κ1) is 32.6. The maximum absolute atomic E-state index is 10.2. The molecule has 4 nitrogen and oxygen atoms in total. The molecule has 1 rings (SSSR count). The van der Waals surface area contributed by atoms with Gasteiger partial charge in [-0.2, -0.15) is 0 Å². The molecule has 0 fully saturated rings. The summed E-state index contributed by atoms with van der Waals surface area (Å²) in [5.41, 5.74) is 3.85. The summed E-state index contributed by atoms with van der Waals surface area (Å²) in [4.78, 5) is 0. The molecule has 0 bridgehead atoms.